The van der Waals surface area contributed by atoms with Crippen LogP contribution in [0.3, 0.4) is 0 Å². The maximum atomic E-state index is 12.3. The number of allylic oxidation sites excluding steroid dienone is 2. The predicted octanol–water partition coefficient (Wildman–Crippen LogP) is 1.74. The molecule has 1 fully saturated rings. The molecule has 126 valence electrons. The van der Waals surface area contributed by atoms with Crippen LogP contribution < -0.4 is 10.2 Å². The Morgan fingerprint density at radius 2 is 1.83 bits per heavy atom. The molecule has 3 amide bonds. The van der Waals surface area contributed by atoms with Gasteiger partial charge < -0.3 is 4.74 Å². The molecule has 24 heavy (non-hydrogen) atoms. The van der Waals surface area contributed by atoms with Gasteiger partial charge in [0.2, 0.25) is 0 Å². The van der Waals surface area contributed by atoms with E-state index < -0.39 is 12.0 Å². The van der Waals surface area contributed by atoms with Gasteiger partial charge in [0.25, 0.3) is 17.7 Å². The summed E-state index contributed by atoms with van der Waals surface area (Å²) in [5.41, 5.74) is 3.43. The Morgan fingerprint density at radius 3 is 2.42 bits per heavy atom. The van der Waals surface area contributed by atoms with Crippen LogP contribution in [-0.4, -0.2) is 28.8 Å². The van der Waals surface area contributed by atoms with E-state index in [0.29, 0.717) is 18.6 Å². The van der Waals surface area contributed by atoms with Crippen molar-refractivity contribution in [2.24, 2.45) is 11.8 Å². The first-order valence-corrected chi connectivity index (χ1v) is 8.04. The Balaban J connectivity index is 1.64. The zero-order chi connectivity index (χ0) is 17.3. The number of hydrogen-bond acceptors (Lipinski definition) is 4. The van der Waals surface area contributed by atoms with Crippen LogP contribution in [0.1, 0.15) is 25.3 Å². The van der Waals surface area contributed by atoms with Crippen molar-refractivity contribution in [3.8, 4) is 5.75 Å². The van der Waals surface area contributed by atoms with E-state index in [1.807, 2.05) is 37.3 Å². The number of benzene rings is 1. The lowest BCUT2D eigenvalue weighted by Gasteiger charge is -2.20. The molecule has 0 saturated carbocycles. The maximum absolute atomic E-state index is 12.3. The number of hydrazine groups is 1. The molecule has 1 N–H and O–H groups in total. The second-order valence-electron chi connectivity index (χ2n) is 6.22. The topological polar surface area (TPSA) is 75.7 Å². The van der Waals surface area contributed by atoms with E-state index in [1.54, 1.807) is 13.0 Å². The predicted molar refractivity (Wildman–Crippen MR) is 86.6 cm³/mol. The van der Waals surface area contributed by atoms with E-state index in [9.17, 15) is 14.4 Å². The van der Waals surface area contributed by atoms with Gasteiger partial charge in [-0.15, -0.1) is 0 Å². The molecule has 1 saturated heterocycles. The van der Waals surface area contributed by atoms with Crippen molar-refractivity contribution in [2.45, 2.75) is 32.8 Å². The Kier molecular flexibility index (Phi) is 4.38. The second-order valence-corrected chi connectivity index (χ2v) is 6.22. The lowest BCUT2D eigenvalue weighted by Crippen LogP contribution is -2.50. The van der Waals surface area contributed by atoms with Crippen LogP contribution >= 0.6 is 0 Å². The van der Waals surface area contributed by atoms with Gasteiger partial charge in [0.15, 0.2) is 6.10 Å². The summed E-state index contributed by atoms with van der Waals surface area (Å²) in [7, 11) is 0. The fourth-order valence-electron chi connectivity index (χ4n) is 3.06. The number of rotatable bonds is 4. The molecule has 1 aromatic carbocycles. The normalized spacial score (nSPS) is 23.8. The van der Waals surface area contributed by atoms with Gasteiger partial charge in [0.05, 0.1) is 11.8 Å². The summed E-state index contributed by atoms with van der Waals surface area (Å²) in [6, 6.07) is 7.33. The second kappa shape index (κ2) is 6.47. The van der Waals surface area contributed by atoms with E-state index in [4.69, 9.17) is 4.74 Å². The molecule has 1 heterocycles. The van der Waals surface area contributed by atoms with Gasteiger partial charge in [0, 0.05) is 0 Å². The summed E-state index contributed by atoms with van der Waals surface area (Å²) in [6.45, 7) is 3.51. The average molecular weight is 328 g/mol. The van der Waals surface area contributed by atoms with Crippen molar-refractivity contribution >= 4 is 17.7 Å². The van der Waals surface area contributed by atoms with Crippen LogP contribution in [0.4, 0.5) is 0 Å². The molecule has 6 heteroatoms. The fraction of sp³-hybridized carbons (Fsp3) is 0.389. The lowest BCUT2D eigenvalue weighted by molar-refractivity contribution is -0.151. The van der Waals surface area contributed by atoms with Gasteiger partial charge in [0.1, 0.15) is 5.75 Å². The first kappa shape index (κ1) is 16.2. The third-order valence-electron chi connectivity index (χ3n) is 4.40. The van der Waals surface area contributed by atoms with Crippen molar-refractivity contribution in [1.29, 1.82) is 0 Å². The summed E-state index contributed by atoms with van der Waals surface area (Å²) in [5.74, 6) is -1.37. The number of fused-ring (bicyclic) bond motifs is 1. The van der Waals surface area contributed by atoms with Crippen LogP contribution in [0.25, 0.3) is 0 Å². The number of ether oxygens (including phenoxy) is 1. The molecule has 2 aliphatic rings. The summed E-state index contributed by atoms with van der Waals surface area (Å²) in [5, 5.41) is 0.862. The van der Waals surface area contributed by atoms with E-state index in [-0.39, 0.29) is 23.7 Å². The van der Waals surface area contributed by atoms with Crippen molar-refractivity contribution in [2.75, 3.05) is 0 Å². The number of imide groups is 1. The molecule has 3 unspecified atom stereocenters. The molecular weight excluding hydrogens is 308 g/mol. The number of nitrogens with one attached hydrogen (secondary N) is 1. The van der Waals surface area contributed by atoms with Crippen LogP contribution in [0, 0.1) is 18.8 Å². The average Bonchev–Trinajstić information content (AvgIpc) is 2.80. The zero-order valence-electron chi connectivity index (χ0n) is 13.7. The Morgan fingerprint density at radius 1 is 1.21 bits per heavy atom. The molecule has 3 atom stereocenters. The van der Waals surface area contributed by atoms with E-state index in [1.165, 1.54) is 0 Å². The Hall–Kier alpha value is -2.63. The van der Waals surface area contributed by atoms with E-state index in [2.05, 4.69) is 5.43 Å². The minimum atomic E-state index is -0.826. The largest absolute Gasteiger partial charge is 0.481 e. The van der Waals surface area contributed by atoms with E-state index in [0.717, 1.165) is 10.6 Å². The van der Waals surface area contributed by atoms with Gasteiger partial charge in [-0.05, 0) is 44.4 Å². The highest BCUT2D eigenvalue weighted by molar-refractivity contribution is 6.06. The Bertz CT molecular complexity index is 687. The van der Waals surface area contributed by atoms with Crippen LogP contribution in [0.15, 0.2) is 36.4 Å². The number of nitrogens with zero attached hydrogens (tertiary/aromatic N) is 1. The first-order chi connectivity index (χ1) is 11.5. The molecule has 6 nitrogen and oxygen atoms in total. The van der Waals surface area contributed by atoms with Crippen molar-refractivity contribution < 1.29 is 19.1 Å². The maximum Gasteiger partial charge on any atom is 0.279 e. The third kappa shape index (κ3) is 3.04. The molecule has 0 bridgehead atoms. The zero-order valence-corrected chi connectivity index (χ0v) is 13.7. The minimum absolute atomic E-state index is 0.342. The van der Waals surface area contributed by atoms with Gasteiger partial charge >= 0.3 is 0 Å². The Labute approximate surface area is 140 Å². The van der Waals surface area contributed by atoms with Gasteiger partial charge in [-0.2, -0.15) is 5.01 Å². The summed E-state index contributed by atoms with van der Waals surface area (Å²) < 4.78 is 5.58. The first-order valence-electron chi connectivity index (χ1n) is 8.04. The number of hydrogen-bond donors (Lipinski definition) is 1. The lowest BCUT2D eigenvalue weighted by atomic mass is 9.85. The molecular formula is C18H20N2O4. The highest BCUT2D eigenvalue weighted by Crippen LogP contribution is 2.34. The van der Waals surface area contributed by atoms with Crippen LogP contribution in [-0.2, 0) is 14.4 Å². The van der Waals surface area contributed by atoms with Crippen LogP contribution in [0.5, 0.6) is 5.75 Å². The number of carbonyl (C=O) groups excluding carboxylic acids is 3. The van der Waals surface area contributed by atoms with Crippen molar-refractivity contribution in [3.05, 3.63) is 42.0 Å². The fourth-order valence-corrected chi connectivity index (χ4v) is 3.06. The standard InChI is InChI=1S/C18H20N2O4/c1-11-6-5-7-13(10-11)24-12(2)16(21)19-20-17(22)14-8-3-4-9-15(14)18(20)23/h3-7,10,12,14-15H,8-9H2,1-2H3,(H,19,21). The van der Waals surface area contributed by atoms with Gasteiger partial charge in [-0.25, -0.2) is 0 Å². The molecule has 1 aliphatic carbocycles. The monoisotopic (exact) mass is 328 g/mol. The van der Waals surface area contributed by atoms with E-state index >= 15 is 0 Å². The number of amides is 3. The molecule has 0 spiro atoms. The molecule has 1 aromatic rings. The summed E-state index contributed by atoms with van der Waals surface area (Å²) in [4.78, 5) is 36.9. The summed E-state index contributed by atoms with van der Waals surface area (Å²) in [6.07, 6.45) is 4.06. The number of aryl methyl sites for hydroxylation is 1. The SMILES string of the molecule is Cc1cccc(OC(C)C(=O)NN2C(=O)C3CC=CCC3C2=O)c1. The molecule has 1 aliphatic heterocycles. The summed E-state index contributed by atoms with van der Waals surface area (Å²) >= 11 is 0. The highest BCUT2D eigenvalue weighted by Gasteiger charge is 2.48. The van der Waals surface area contributed by atoms with Crippen LogP contribution in [0.2, 0.25) is 0 Å². The molecule has 0 radical (unpaired) electrons. The van der Waals surface area contributed by atoms with Gasteiger partial charge in [-0.1, -0.05) is 24.3 Å². The quantitative estimate of drug-likeness (QED) is 0.675. The highest BCUT2D eigenvalue weighted by atomic mass is 16.5. The van der Waals surface area contributed by atoms with Gasteiger partial charge in [-0.3, -0.25) is 19.8 Å². The molecule has 3 rings (SSSR count). The molecule has 0 aromatic heterocycles. The minimum Gasteiger partial charge on any atom is -0.481 e. The number of carbonyl (C=O) groups is 3. The third-order valence-corrected chi connectivity index (χ3v) is 4.40. The van der Waals surface area contributed by atoms with Crippen molar-refractivity contribution in [1.82, 2.24) is 10.4 Å². The van der Waals surface area contributed by atoms with Crippen molar-refractivity contribution in [3.63, 3.8) is 0 Å². The smallest absolute Gasteiger partial charge is 0.279 e.